The van der Waals surface area contributed by atoms with Gasteiger partial charge in [0.05, 0.1) is 16.5 Å². The number of amides is 1. The van der Waals surface area contributed by atoms with Crippen LogP contribution in [0.1, 0.15) is 22.2 Å². The summed E-state index contributed by atoms with van der Waals surface area (Å²) in [6, 6.07) is 6.81. The Kier molecular flexibility index (Phi) is 4.04. The zero-order valence-corrected chi connectivity index (χ0v) is 14.6. The van der Waals surface area contributed by atoms with Crippen molar-refractivity contribution in [3.63, 3.8) is 0 Å². The average Bonchev–Trinajstić information content (AvgIpc) is 3.16. The van der Waals surface area contributed by atoms with E-state index in [9.17, 15) is 4.79 Å². The van der Waals surface area contributed by atoms with Gasteiger partial charge in [0.2, 0.25) is 11.7 Å². The highest BCUT2D eigenvalue weighted by molar-refractivity contribution is 7.08. The molecule has 1 aliphatic heterocycles. The highest BCUT2D eigenvalue weighted by Gasteiger charge is 2.36. The Morgan fingerprint density at radius 1 is 1.29 bits per heavy atom. The highest BCUT2D eigenvalue weighted by Crippen LogP contribution is 2.31. The van der Waals surface area contributed by atoms with Gasteiger partial charge in [-0.3, -0.25) is 4.79 Å². The number of likely N-dealkylation sites (tertiary alicyclic amines) is 1. The van der Waals surface area contributed by atoms with Crippen molar-refractivity contribution in [1.29, 1.82) is 0 Å². The molecule has 5 nitrogen and oxygen atoms in total. The summed E-state index contributed by atoms with van der Waals surface area (Å²) in [5.41, 5.74) is 1.39. The molecule has 1 aliphatic rings. The maximum Gasteiger partial charge on any atom is 0.255 e. The van der Waals surface area contributed by atoms with E-state index in [1.54, 1.807) is 34.4 Å². The molecule has 0 atom stereocenters. The smallest absolute Gasteiger partial charge is 0.255 e. The molecule has 1 aromatic carbocycles. The molecule has 0 saturated carbocycles. The number of nitrogens with zero attached hydrogens (tertiary/aromatic N) is 3. The van der Waals surface area contributed by atoms with E-state index in [4.69, 9.17) is 27.7 Å². The molecule has 8 heteroatoms. The summed E-state index contributed by atoms with van der Waals surface area (Å²) in [6.45, 7) is 1.06. The Bertz CT molecular complexity index is 889. The van der Waals surface area contributed by atoms with Gasteiger partial charge in [0.1, 0.15) is 0 Å². The van der Waals surface area contributed by atoms with Crippen molar-refractivity contribution in [2.75, 3.05) is 13.1 Å². The molecule has 1 amide bonds. The van der Waals surface area contributed by atoms with Crippen molar-refractivity contribution in [2.45, 2.75) is 5.92 Å². The van der Waals surface area contributed by atoms with Gasteiger partial charge in [-0.2, -0.15) is 16.3 Å². The zero-order chi connectivity index (χ0) is 16.7. The fraction of sp³-hybridized carbons (Fsp3) is 0.188. The van der Waals surface area contributed by atoms with Gasteiger partial charge in [0, 0.05) is 29.1 Å². The van der Waals surface area contributed by atoms with Crippen molar-refractivity contribution in [2.24, 2.45) is 0 Å². The van der Waals surface area contributed by atoms with Gasteiger partial charge in [-0.15, -0.1) is 0 Å². The Hall–Kier alpha value is -1.89. The van der Waals surface area contributed by atoms with Crippen LogP contribution < -0.4 is 0 Å². The van der Waals surface area contributed by atoms with Crippen LogP contribution in [-0.2, 0) is 0 Å². The van der Waals surface area contributed by atoms with Gasteiger partial charge < -0.3 is 9.42 Å². The summed E-state index contributed by atoms with van der Waals surface area (Å²) in [4.78, 5) is 18.6. The van der Waals surface area contributed by atoms with E-state index in [1.807, 2.05) is 16.8 Å². The molecule has 122 valence electrons. The van der Waals surface area contributed by atoms with E-state index in [0.29, 0.717) is 40.4 Å². The number of carbonyl (C=O) groups is 1. The molecule has 0 spiro atoms. The molecule has 0 bridgehead atoms. The van der Waals surface area contributed by atoms with Crippen LogP contribution >= 0.6 is 34.5 Å². The summed E-state index contributed by atoms with van der Waals surface area (Å²) in [7, 11) is 0. The second-order valence-electron chi connectivity index (χ2n) is 5.50. The third-order valence-electron chi connectivity index (χ3n) is 3.90. The standard InChI is InChI=1S/C16H11Cl2N3O2S/c17-11-1-2-12(13(18)5-11)16(22)21-6-10(7-21)15-19-14(20-23-15)9-3-4-24-8-9/h1-5,8,10H,6-7H2. The summed E-state index contributed by atoms with van der Waals surface area (Å²) in [5.74, 6) is 1.07. The SMILES string of the molecule is O=C(c1ccc(Cl)cc1Cl)N1CC(c2nc(-c3ccsc3)no2)C1. The first-order valence-corrected chi connectivity index (χ1v) is 8.92. The Balaban J connectivity index is 1.44. The minimum absolute atomic E-state index is 0.0555. The third-order valence-corrected chi connectivity index (χ3v) is 5.13. The summed E-state index contributed by atoms with van der Waals surface area (Å²) in [6.07, 6.45) is 0. The normalized spacial score (nSPS) is 14.7. The average molecular weight is 380 g/mol. The Morgan fingerprint density at radius 3 is 2.83 bits per heavy atom. The molecule has 2 aromatic heterocycles. The first-order valence-electron chi connectivity index (χ1n) is 7.22. The van der Waals surface area contributed by atoms with E-state index in [2.05, 4.69) is 10.1 Å². The summed E-state index contributed by atoms with van der Waals surface area (Å²) >= 11 is 13.5. The van der Waals surface area contributed by atoms with Crippen molar-refractivity contribution < 1.29 is 9.32 Å². The lowest BCUT2D eigenvalue weighted by molar-refractivity contribution is 0.0569. The molecule has 1 saturated heterocycles. The van der Waals surface area contributed by atoms with Crippen molar-refractivity contribution >= 4 is 40.4 Å². The van der Waals surface area contributed by atoms with Crippen LogP contribution in [0.5, 0.6) is 0 Å². The topological polar surface area (TPSA) is 59.2 Å². The van der Waals surface area contributed by atoms with Crippen LogP contribution in [0.4, 0.5) is 0 Å². The molecular formula is C16H11Cl2N3O2S. The first kappa shape index (κ1) is 15.6. The highest BCUT2D eigenvalue weighted by atomic mass is 35.5. The molecule has 1 fully saturated rings. The van der Waals surface area contributed by atoms with Gasteiger partial charge in [-0.05, 0) is 29.6 Å². The maximum atomic E-state index is 12.5. The Labute approximate surface area is 151 Å². The van der Waals surface area contributed by atoms with Gasteiger partial charge >= 0.3 is 0 Å². The number of rotatable bonds is 3. The lowest BCUT2D eigenvalue weighted by atomic mass is 9.98. The second-order valence-corrected chi connectivity index (χ2v) is 7.12. The van der Waals surface area contributed by atoms with Crippen LogP contribution in [0.2, 0.25) is 10.0 Å². The molecule has 0 radical (unpaired) electrons. The molecule has 3 aromatic rings. The molecule has 4 rings (SSSR count). The van der Waals surface area contributed by atoms with E-state index < -0.39 is 0 Å². The quantitative estimate of drug-likeness (QED) is 0.678. The van der Waals surface area contributed by atoms with Crippen LogP contribution in [0.25, 0.3) is 11.4 Å². The number of benzene rings is 1. The third kappa shape index (κ3) is 2.81. The molecule has 0 aliphatic carbocycles. The minimum atomic E-state index is -0.120. The van der Waals surface area contributed by atoms with Crippen molar-refractivity contribution in [3.05, 3.63) is 56.5 Å². The minimum Gasteiger partial charge on any atom is -0.339 e. The van der Waals surface area contributed by atoms with E-state index in [-0.39, 0.29) is 11.8 Å². The van der Waals surface area contributed by atoms with E-state index in [1.165, 1.54) is 0 Å². The lowest BCUT2D eigenvalue weighted by Gasteiger charge is -2.37. The maximum absolute atomic E-state index is 12.5. The van der Waals surface area contributed by atoms with Gasteiger partial charge in [-0.1, -0.05) is 28.4 Å². The number of hydrogen-bond acceptors (Lipinski definition) is 5. The van der Waals surface area contributed by atoms with Crippen LogP contribution in [0.15, 0.2) is 39.5 Å². The van der Waals surface area contributed by atoms with Gasteiger partial charge in [-0.25, -0.2) is 0 Å². The second kappa shape index (κ2) is 6.20. The number of carbonyl (C=O) groups excluding carboxylic acids is 1. The Morgan fingerprint density at radius 2 is 2.12 bits per heavy atom. The van der Waals surface area contributed by atoms with Gasteiger partial charge in [0.15, 0.2) is 0 Å². The van der Waals surface area contributed by atoms with E-state index >= 15 is 0 Å². The zero-order valence-electron chi connectivity index (χ0n) is 12.3. The largest absolute Gasteiger partial charge is 0.339 e. The number of halogens is 2. The monoisotopic (exact) mass is 379 g/mol. The number of thiophene rings is 1. The number of hydrogen-bond donors (Lipinski definition) is 0. The summed E-state index contributed by atoms with van der Waals surface area (Å²) in [5, 5.41) is 8.78. The predicted molar refractivity (Wildman–Crippen MR) is 92.7 cm³/mol. The molecular weight excluding hydrogens is 369 g/mol. The van der Waals surface area contributed by atoms with E-state index in [0.717, 1.165) is 5.56 Å². The van der Waals surface area contributed by atoms with Gasteiger partial charge in [0.25, 0.3) is 5.91 Å². The fourth-order valence-electron chi connectivity index (χ4n) is 2.54. The fourth-order valence-corrected chi connectivity index (χ4v) is 3.67. The molecule has 24 heavy (non-hydrogen) atoms. The van der Waals surface area contributed by atoms with Crippen LogP contribution in [0, 0.1) is 0 Å². The molecule has 0 unspecified atom stereocenters. The number of aromatic nitrogens is 2. The van der Waals surface area contributed by atoms with Crippen LogP contribution in [0.3, 0.4) is 0 Å². The van der Waals surface area contributed by atoms with Crippen molar-refractivity contribution in [3.8, 4) is 11.4 Å². The molecule has 0 N–H and O–H groups in total. The first-order chi connectivity index (χ1) is 11.6. The lowest BCUT2D eigenvalue weighted by Crippen LogP contribution is -2.48. The predicted octanol–water partition coefficient (Wildman–Crippen LogP) is 4.34. The van der Waals surface area contributed by atoms with Crippen LogP contribution in [-0.4, -0.2) is 34.0 Å². The molecule has 3 heterocycles. The summed E-state index contributed by atoms with van der Waals surface area (Å²) < 4.78 is 5.33. The van der Waals surface area contributed by atoms with Crippen molar-refractivity contribution in [1.82, 2.24) is 15.0 Å².